The Bertz CT molecular complexity index is 500. The van der Waals surface area contributed by atoms with E-state index in [1.165, 1.54) is 96.3 Å². The van der Waals surface area contributed by atoms with Gasteiger partial charge in [0, 0.05) is 19.4 Å². The normalized spacial score (nSPS) is 11.9. The third kappa shape index (κ3) is 27.8. The molecule has 218 valence electrons. The highest BCUT2D eigenvalue weighted by molar-refractivity contribution is 6.09. The van der Waals surface area contributed by atoms with Crippen molar-refractivity contribution in [3.05, 3.63) is 0 Å². The summed E-state index contributed by atoms with van der Waals surface area (Å²) in [4.78, 5) is 24.2. The molecule has 0 spiro atoms. The van der Waals surface area contributed by atoms with Gasteiger partial charge in [0.25, 0.3) is 0 Å². The average Bonchev–Trinajstić information content (AvgIpc) is 2.90. The zero-order chi connectivity index (χ0) is 27.2. The minimum absolute atomic E-state index is 0.172. The minimum Gasteiger partial charge on any atom is -0.462 e. The van der Waals surface area contributed by atoms with Gasteiger partial charge in [0.2, 0.25) is 0 Å². The third-order valence-electron chi connectivity index (χ3n) is 7.21. The molecule has 1 atom stereocenters. The summed E-state index contributed by atoms with van der Waals surface area (Å²) < 4.78 is 10.9. The Kier molecular flexibility index (Phi) is 28.7. The highest BCUT2D eigenvalue weighted by Crippen LogP contribution is 2.14. The first-order valence-electron chi connectivity index (χ1n) is 16.1. The lowest BCUT2D eigenvalue weighted by Gasteiger charge is -2.16. The van der Waals surface area contributed by atoms with Crippen LogP contribution in [0.15, 0.2) is 0 Å². The SMILES string of the molecule is BCC(COC(=O)CCCCCCCCCCCCCCC)OC(=O)CCCCCCCCCCCO. The van der Waals surface area contributed by atoms with Crippen LogP contribution in [0.5, 0.6) is 0 Å². The maximum atomic E-state index is 12.1. The van der Waals surface area contributed by atoms with Crippen molar-refractivity contribution in [2.75, 3.05) is 13.2 Å². The van der Waals surface area contributed by atoms with E-state index in [2.05, 4.69) is 6.92 Å². The average molecular weight is 525 g/mol. The second-order valence-electron chi connectivity index (χ2n) is 10.9. The number of carbonyl (C=O) groups excluding carboxylic acids is 2. The highest BCUT2D eigenvalue weighted by Gasteiger charge is 2.15. The van der Waals surface area contributed by atoms with Crippen LogP contribution in [0.3, 0.4) is 0 Å². The van der Waals surface area contributed by atoms with Crippen LogP contribution in [0.25, 0.3) is 0 Å². The van der Waals surface area contributed by atoms with Gasteiger partial charge in [-0.25, -0.2) is 0 Å². The Labute approximate surface area is 230 Å². The Morgan fingerprint density at radius 1 is 0.595 bits per heavy atom. The van der Waals surface area contributed by atoms with Crippen LogP contribution in [0.4, 0.5) is 0 Å². The molecule has 0 radical (unpaired) electrons. The number of carbonyl (C=O) groups is 2. The second-order valence-corrected chi connectivity index (χ2v) is 10.9. The van der Waals surface area contributed by atoms with E-state index in [0.29, 0.717) is 25.8 Å². The van der Waals surface area contributed by atoms with Crippen molar-refractivity contribution >= 4 is 19.8 Å². The molecule has 0 fully saturated rings. The van der Waals surface area contributed by atoms with Crippen LogP contribution in [0.2, 0.25) is 6.32 Å². The topological polar surface area (TPSA) is 72.8 Å². The van der Waals surface area contributed by atoms with E-state index in [-0.39, 0.29) is 24.6 Å². The van der Waals surface area contributed by atoms with Gasteiger partial charge in [0.05, 0.1) is 0 Å². The summed E-state index contributed by atoms with van der Waals surface area (Å²) in [6, 6.07) is 0. The quantitative estimate of drug-likeness (QED) is 0.0612. The van der Waals surface area contributed by atoms with Gasteiger partial charge in [-0.3, -0.25) is 9.59 Å². The maximum absolute atomic E-state index is 12.1. The molecular formula is C31H61BO5. The molecule has 6 heteroatoms. The molecule has 0 saturated carbocycles. The van der Waals surface area contributed by atoms with E-state index in [1.807, 2.05) is 7.85 Å². The van der Waals surface area contributed by atoms with Gasteiger partial charge in [0.15, 0.2) is 0 Å². The van der Waals surface area contributed by atoms with Gasteiger partial charge < -0.3 is 14.6 Å². The molecule has 5 nitrogen and oxygen atoms in total. The molecule has 0 aliphatic carbocycles. The van der Waals surface area contributed by atoms with Crippen molar-refractivity contribution in [2.24, 2.45) is 0 Å². The van der Waals surface area contributed by atoms with Gasteiger partial charge in [-0.2, -0.15) is 0 Å². The van der Waals surface area contributed by atoms with Crippen molar-refractivity contribution in [2.45, 2.75) is 173 Å². The van der Waals surface area contributed by atoms with Crippen LogP contribution in [-0.2, 0) is 19.1 Å². The van der Waals surface area contributed by atoms with E-state index >= 15 is 0 Å². The largest absolute Gasteiger partial charge is 0.462 e. The lowest BCUT2D eigenvalue weighted by molar-refractivity contribution is -0.158. The van der Waals surface area contributed by atoms with E-state index in [4.69, 9.17) is 14.6 Å². The lowest BCUT2D eigenvalue weighted by Crippen LogP contribution is -2.24. The minimum atomic E-state index is -0.331. The summed E-state index contributed by atoms with van der Waals surface area (Å²) in [5.41, 5.74) is 0. The van der Waals surface area contributed by atoms with Crippen LogP contribution in [0.1, 0.15) is 161 Å². The Morgan fingerprint density at radius 3 is 1.38 bits per heavy atom. The molecule has 1 N–H and O–H groups in total. The number of hydrogen-bond acceptors (Lipinski definition) is 5. The molecular weight excluding hydrogens is 463 g/mol. The highest BCUT2D eigenvalue weighted by atomic mass is 16.6. The first-order valence-corrected chi connectivity index (χ1v) is 16.1. The molecule has 0 saturated heterocycles. The van der Waals surface area contributed by atoms with Crippen molar-refractivity contribution in [1.82, 2.24) is 0 Å². The summed E-state index contributed by atoms with van der Waals surface area (Å²) in [6.07, 6.45) is 28.0. The van der Waals surface area contributed by atoms with Gasteiger partial charge in [-0.05, 0) is 25.6 Å². The van der Waals surface area contributed by atoms with Gasteiger partial charge in [-0.15, -0.1) is 0 Å². The summed E-state index contributed by atoms with van der Waals surface area (Å²) >= 11 is 0. The molecule has 0 aromatic carbocycles. The molecule has 0 aromatic rings. The number of rotatable bonds is 29. The Balaban J connectivity index is 3.55. The van der Waals surface area contributed by atoms with Crippen molar-refractivity contribution in [1.29, 1.82) is 0 Å². The molecule has 0 rings (SSSR count). The van der Waals surface area contributed by atoms with E-state index in [1.54, 1.807) is 0 Å². The monoisotopic (exact) mass is 524 g/mol. The molecule has 0 aliphatic rings. The number of aliphatic hydroxyl groups excluding tert-OH is 1. The lowest BCUT2D eigenvalue weighted by atomic mass is 10.00. The van der Waals surface area contributed by atoms with Gasteiger partial charge >= 0.3 is 11.9 Å². The zero-order valence-electron chi connectivity index (χ0n) is 24.7. The van der Waals surface area contributed by atoms with Crippen molar-refractivity contribution in [3.63, 3.8) is 0 Å². The van der Waals surface area contributed by atoms with Crippen LogP contribution >= 0.6 is 0 Å². The predicted octanol–water partition coefficient (Wildman–Crippen LogP) is 7.87. The second kappa shape index (κ2) is 29.5. The van der Waals surface area contributed by atoms with E-state index in [9.17, 15) is 9.59 Å². The van der Waals surface area contributed by atoms with E-state index < -0.39 is 0 Å². The fourth-order valence-corrected chi connectivity index (χ4v) is 4.64. The van der Waals surface area contributed by atoms with Gasteiger partial charge in [0.1, 0.15) is 20.6 Å². The number of ether oxygens (including phenoxy) is 2. The molecule has 1 unspecified atom stereocenters. The Morgan fingerprint density at radius 2 is 0.973 bits per heavy atom. The zero-order valence-corrected chi connectivity index (χ0v) is 24.7. The van der Waals surface area contributed by atoms with Crippen LogP contribution in [-0.4, -0.2) is 44.2 Å². The van der Waals surface area contributed by atoms with Crippen LogP contribution in [0, 0.1) is 0 Å². The summed E-state index contributed by atoms with van der Waals surface area (Å²) in [5, 5.41) is 8.77. The molecule has 0 aromatic heterocycles. The standard InChI is InChI=1S/C31H61BO5/c1-2-3-4-5-6-7-8-9-10-12-15-18-21-24-30(34)36-28-29(27-32)37-31(35)25-22-19-16-13-11-14-17-20-23-26-33/h29,33H,2-28,32H2,1H3. The smallest absolute Gasteiger partial charge is 0.306 e. The molecule has 0 bridgehead atoms. The fourth-order valence-electron chi connectivity index (χ4n) is 4.64. The maximum Gasteiger partial charge on any atom is 0.306 e. The summed E-state index contributed by atoms with van der Waals surface area (Å²) in [5.74, 6) is -0.350. The fraction of sp³-hybridized carbons (Fsp3) is 0.935. The van der Waals surface area contributed by atoms with Crippen molar-refractivity contribution in [3.8, 4) is 0 Å². The number of hydrogen-bond donors (Lipinski definition) is 1. The molecule has 0 heterocycles. The van der Waals surface area contributed by atoms with E-state index in [0.717, 1.165) is 44.9 Å². The van der Waals surface area contributed by atoms with Crippen molar-refractivity contribution < 1.29 is 24.2 Å². The Hall–Kier alpha value is -1.04. The molecule has 0 aliphatic heterocycles. The first-order chi connectivity index (χ1) is 18.1. The molecule has 37 heavy (non-hydrogen) atoms. The number of unbranched alkanes of at least 4 members (excludes halogenated alkanes) is 20. The third-order valence-corrected chi connectivity index (χ3v) is 7.21. The predicted molar refractivity (Wildman–Crippen MR) is 158 cm³/mol. The molecule has 0 amide bonds. The first kappa shape index (κ1) is 36.0. The number of aliphatic hydroxyl groups is 1. The summed E-state index contributed by atoms with van der Waals surface area (Å²) in [6.45, 7) is 2.74. The number of esters is 2. The van der Waals surface area contributed by atoms with Crippen LogP contribution < -0.4 is 0 Å². The summed E-state index contributed by atoms with van der Waals surface area (Å²) in [7, 11) is 1.96. The van der Waals surface area contributed by atoms with Gasteiger partial charge in [-0.1, -0.05) is 129 Å².